The van der Waals surface area contributed by atoms with Gasteiger partial charge in [0.1, 0.15) is 18.2 Å². The molecule has 0 radical (unpaired) electrons. The summed E-state index contributed by atoms with van der Waals surface area (Å²) in [4.78, 5) is 71.0. The lowest BCUT2D eigenvalue weighted by Gasteiger charge is -2.27. The van der Waals surface area contributed by atoms with Gasteiger partial charge >= 0.3 is 0 Å². The summed E-state index contributed by atoms with van der Waals surface area (Å²) >= 11 is 0. The largest absolute Gasteiger partial charge is 0.321 e. The molecule has 2 aliphatic heterocycles. The molecule has 1 fully saturated rings. The van der Waals surface area contributed by atoms with E-state index < -0.39 is 35.6 Å². The first-order valence-corrected chi connectivity index (χ1v) is 10.0. The van der Waals surface area contributed by atoms with E-state index in [1.165, 1.54) is 24.4 Å². The Bertz CT molecular complexity index is 1320. The van der Waals surface area contributed by atoms with Gasteiger partial charge in [0, 0.05) is 24.4 Å². The molecule has 0 spiro atoms. The summed E-state index contributed by atoms with van der Waals surface area (Å²) in [6.07, 6.45) is 6.54. The number of nitrogens with one attached hydrogen (secondary N) is 2. The van der Waals surface area contributed by atoms with Crippen molar-refractivity contribution in [1.29, 1.82) is 0 Å². The van der Waals surface area contributed by atoms with E-state index in [1.807, 2.05) is 0 Å². The monoisotopic (exact) mass is 444 g/mol. The van der Waals surface area contributed by atoms with Gasteiger partial charge in [-0.15, -0.1) is 0 Å². The van der Waals surface area contributed by atoms with Crippen molar-refractivity contribution >= 4 is 35.2 Å². The van der Waals surface area contributed by atoms with Crippen LogP contribution in [0.15, 0.2) is 55.2 Å². The van der Waals surface area contributed by atoms with Crippen LogP contribution in [0.4, 0.5) is 5.69 Å². The molecule has 2 aliphatic rings. The third kappa shape index (κ3) is 3.55. The number of fused-ring (bicyclic) bond motifs is 1. The summed E-state index contributed by atoms with van der Waals surface area (Å²) in [6.45, 7) is 0. The molecule has 4 heterocycles. The first kappa shape index (κ1) is 20.2. The van der Waals surface area contributed by atoms with Gasteiger partial charge < -0.3 is 5.32 Å². The van der Waals surface area contributed by atoms with Crippen molar-refractivity contribution in [3.63, 3.8) is 0 Å². The van der Waals surface area contributed by atoms with Crippen molar-refractivity contribution in [3.8, 4) is 5.82 Å². The summed E-state index contributed by atoms with van der Waals surface area (Å²) < 4.78 is 1.71. The zero-order valence-corrected chi connectivity index (χ0v) is 17.0. The minimum atomic E-state index is -1.06. The molecule has 5 rings (SSSR count). The van der Waals surface area contributed by atoms with E-state index >= 15 is 0 Å². The van der Waals surface area contributed by atoms with Gasteiger partial charge in [0.15, 0.2) is 0 Å². The fourth-order valence-corrected chi connectivity index (χ4v) is 3.82. The van der Waals surface area contributed by atoms with Crippen molar-refractivity contribution in [3.05, 3.63) is 71.9 Å². The molecule has 1 aromatic carbocycles. The Morgan fingerprint density at radius 1 is 1.06 bits per heavy atom. The number of hydrogen-bond acceptors (Lipinski definition) is 7. The SMILES string of the molecule is O=C1CCC(N2C(=O)c3ccc(C(=O)Nc4ccc(-n5ccnc5)nc4)cc3C2=O)C(=O)N1. The number of anilines is 1. The quantitative estimate of drug-likeness (QED) is 0.570. The second-order valence-electron chi connectivity index (χ2n) is 7.54. The van der Waals surface area contributed by atoms with Crippen LogP contribution in [0.3, 0.4) is 0 Å². The standard InChI is InChI=1S/C22H16N6O5/c29-18-6-4-16(20(31)26-18)28-21(32)14-3-1-12(9-15(14)22(28)33)19(30)25-13-2-5-17(24-10-13)27-8-7-23-11-27/h1-3,5,7-11,16H,4,6H2,(H,25,30)(H,26,29,31). The highest BCUT2D eigenvalue weighted by molar-refractivity contribution is 6.24. The van der Waals surface area contributed by atoms with Crippen molar-refractivity contribution < 1.29 is 24.0 Å². The normalized spacial score (nSPS) is 17.7. The van der Waals surface area contributed by atoms with Crippen LogP contribution in [-0.4, -0.2) is 55.0 Å². The molecule has 3 aromatic rings. The number of imide groups is 2. The molecule has 11 nitrogen and oxygen atoms in total. The summed E-state index contributed by atoms with van der Waals surface area (Å²) in [5.41, 5.74) is 0.745. The second kappa shape index (κ2) is 7.79. The van der Waals surface area contributed by atoms with Crippen molar-refractivity contribution in [2.45, 2.75) is 18.9 Å². The molecule has 1 atom stereocenters. The van der Waals surface area contributed by atoms with Crippen molar-refractivity contribution in [2.75, 3.05) is 5.32 Å². The van der Waals surface area contributed by atoms with Gasteiger partial charge in [0.05, 0.1) is 23.0 Å². The molecule has 5 amide bonds. The topological polar surface area (TPSA) is 143 Å². The van der Waals surface area contributed by atoms with E-state index in [1.54, 1.807) is 35.4 Å². The van der Waals surface area contributed by atoms with E-state index in [0.717, 1.165) is 4.90 Å². The Morgan fingerprint density at radius 3 is 2.58 bits per heavy atom. The van der Waals surface area contributed by atoms with Crippen LogP contribution in [0, 0.1) is 0 Å². The highest BCUT2D eigenvalue weighted by Crippen LogP contribution is 2.28. The Labute approximate surface area is 186 Å². The molecular weight excluding hydrogens is 428 g/mol. The number of nitrogens with zero attached hydrogens (tertiary/aromatic N) is 4. The maximum absolute atomic E-state index is 12.9. The van der Waals surface area contributed by atoms with Crippen LogP contribution >= 0.6 is 0 Å². The lowest BCUT2D eigenvalue weighted by Crippen LogP contribution is -2.54. The van der Waals surface area contributed by atoms with Crippen LogP contribution in [0.1, 0.15) is 43.9 Å². The molecule has 0 aliphatic carbocycles. The lowest BCUT2D eigenvalue weighted by atomic mass is 10.0. The number of rotatable bonds is 4. The van der Waals surface area contributed by atoms with Gasteiger partial charge in [-0.3, -0.25) is 38.8 Å². The number of imidazole rings is 1. The fraction of sp³-hybridized carbons (Fsp3) is 0.136. The summed E-state index contributed by atoms with van der Waals surface area (Å²) in [5, 5.41) is 4.84. The number of piperidine rings is 1. The summed E-state index contributed by atoms with van der Waals surface area (Å²) in [5.74, 6) is -2.30. The predicted octanol–water partition coefficient (Wildman–Crippen LogP) is 0.921. The summed E-state index contributed by atoms with van der Waals surface area (Å²) in [7, 11) is 0. The van der Waals surface area contributed by atoms with E-state index in [0.29, 0.717) is 11.5 Å². The zero-order valence-electron chi connectivity index (χ0n) is 17.0. The molecule has 2 aromatic heterocycles. The Balaban J connectivity index is 1.34. The molecule has 164 valence electrons. The molecule has 1 unspecified atom stereocenters. The molecule has 11 heteroatoms. The Hall–Kier alpha value is -4.67. The van der Waals surface area contributed by atoms with E-state index in [2.05, 4.69) is 20.6 Å². The first-order chi connectivity index (χ1) is 15.9. The third-order valence-electron chi connectivity index (χ3n) is 5.48. The third-order valence-corrected chi connectivity index (χ3v) is 5.48. The Morgan fingerprint density at radius 2 is 1.88 bits per heavy atom. The van der Waals surface area contributed by atoms with Crippen LogP contribution in [0.5, 0.6) is 0 Å². The van der Waals surface area contributed by atoms with Gasteiger partial charge in [-0.25, -0.2) is 9.97 Å². The number of amides is 5. The van der Waals surface area contributed by atoms with E-state index in [4.69, 9.17) is 0 Å². The smallest absolute Gasteiger partial charge is 0.262 e. The maximum atomic E-state index is 12.9. The summed E-state index contributed by atoms with van der Waals surface area (Å²) in [6, 6.07) is 6.46. The van der Waals surface area contributed by atoms with Gasteiger partial charge in [0.25, 0.3) is 17.7 Å². The molecule has 0 saturated carbocycles. The number of pyridine rings is 1. The number of aromatic nitrogens is 3. The molecular formula is C22H16N6O5. The van der Waals surface area contributed by atoms with Crippen LogP contribution < -0.4 is 10.6 Å². The molecule has 2 N–H and O–H groups in total. The van der Waals surface area contributed by atoms with Crippen LogP contribution in [-0.2, 0) is 9.59 Å². The van der Waals surface area contributed by atoms with Gasteiger partial charge in [-0.1, -0.05) is 0 Å². The minimum absolute atomic E-state index is 0.0329. The highest BCUT2D eigenvalue weighted by atomic mass is 16.2. The number of benzene rings is 1. The maximum Gasteiger partial charge on any atom is 0.262 e. The fourth-order valence-electron chi connectivity index (χ4n) is 3.82. The van der Waals surface area contributed by atoms with Crippen LogP contribution in [0.2, 0.25) is 0 Å². The Kier molecular flexibility index (Phi) is 4.78. The molecule has 1 saturated heterocycles. The van der Waals surface area contributed by atoms with Crippen molar-refractivity contribution in [2.24, 2.45) is 0 Å². The molecule has 33 heavy (non-hydrogen) atoms. The molecule has 0 bridgehead atoms. The van der Waals surface area contributed by atoms with E-state index in [-0.39, 0.29) is 29.5 Å². The first-order valence-electron chi connectivity index (χ1n) is 10.0. The second-order valence-corrected chi connectivity index (χ2v) is 7.54. The number of carbonyl (C=O) groups excluding carboxylic acids is 5. The number of hydrogen-bond donors (Lipinski definition) is 2. The van der Waals surface area contributed by atoms with Crippen molar-refractivity contribution in [1.82, 2.24) is 24.8 Å². The van der Waals surface area contributed by atoms with Crippen LogP contribution in [0.25, 0.3) is 5.82 Å². The minimum Gasteiger partial charge on any atom is -0.321 e. The predicted molar refractivity (Wildman–Crippen MR) is 112 cm³/mol. The average Bonchev–Trinajstić information content (AvgIpc) is 3.42. The van der Waals surface area contributed by atoms with E-state index in [9.17, 15) is 24.0 Å². The highest BCUT2D eigenvalue weighted by Gasteiger charge is 2.44. The van der Waals surface area contributed by atoms with Gasteiger partial charge in [0.2, 0.25) is 11.8 Å². The lowest BCUT2D eigenvalue weighted by molar-refractivity contribution is -0.136. The number of carbonyl (C=O) groups is 5. The van der Waals surface area contributed by atoms with Gasteiger partial charge in [-0.05, 0) is 36.8 Å². The van der Waals surface area contributed by atoms with Gasteiger partial charge in [-0.2, -0.15) is 0 Å². The zero-order chi connectivity index (χ0) is 23.1. The average molecular weight is 444 g/mol.